The summed E-state index contributed by atoms with van der Waals surface area (Å²) in [5, 5.41) is 0.188. The SMILES string of the molecule is C#CCCOCCC(C(=O)CBr)c1cccc(Br)c1F. The first-order valence-corrected chi connectivity index (χ1v) is 8.07. The Morgan fingerprint density at radius 3 is 2.85 bits per heavy atom. The van der Waals surface area contributed by atoms with Crippen molar-refractivity contribution in [2.45, 2.75) is 18.8 Å². The highest BCUT2D eigenvalue weighted by atomic mass is 79.9. The van der Waals surface area contributed by atoms with Gasteiger partial charge in [0.05, 0.1) is 16.4 Å². The van der Waals surface area contributed by atoms with Crippen LogP contribution in [-0.4, -0.2) is 24.3 Å². The third-order valence-corrected chi connectivity index (χ3v) is 3.98. The molecule has 0 aliphatic rings. The van der Waals surface area contributed by atoms with E-state index in [1.54, 1.807) is 18.2 Å². The molecule has 0 saturated heterocycles. The van der Waals surface area contributed by atoms with Crippen LogP contribution in [0.4, 0.5) is 4.39 Å². The Morgan fingerprint density at radius 2 is 2.20 bits per heavy atom. The lowest BCUT2D eigenvalue weighted by Gasteiger charge is -2.16. The number of Topliss-reactive ketones (excluding diaryl/α,β-unsaturated/α-hetero) is 1. The number of hydrogen-bond donors (Lipinski definition) is 0. The number of rotatable bonds is 8. The number of carbonyl (C=O) groups excluding carboxylic acids is 1. The quantitative estimate of drug-likeness (QED) is 0.370. The van der Waals surface area contributed by atoms with Gasteiger partial charge in [-0.15, -0.1) is 12.3 Å². The molecule has 0 radical (unpaired) electrons. The van der Waals surface area contributed by atoms with E-state index in [9.17, 15) is 9.18 Å². The van der Waals surface area contributed by atoms with Gasteiger partial charge in [0.25, 0.3) is 0 Å². The summed E-state index contributed by atoms with van der Waals surface area (Å²) in [5.41, 5.74) is 0.393. The molecule has 2 nitrogen and oxygen atoms in total. The molecule has 0 aliphatic heterocycles. The van der Waals surface area contributed by atoms with E-state index < -0.39 is 11.7 Å². The molecule has 20 heavy (non-hydrogen) atoms. The Morgan fingerprint density at radius 1 is 1.45 bits per heavy atom. The molecule has 5 heteroatoms. The predicted molar refractivity (Wildman–Crippen MR) is 84.5 cm³/mol. The van der Waals surface area contributed by atoms with Gasteiger partial charge in [-0.05, 0) is 34.0 Å². The molecule has 0 fully saturated rings. The fourth-order valence-corrected chi connectivity index (χ4v) is 2.58. The number of alkyl halides is 1. The summed E-state index contributed by atoms with van der Waals surface area (Å²) in [4.78, 5) is 12.0. The summed E-state index contributed by atoms with van der Waals surface area (Å²) in [6.07, 6.45) is 6.09. The third-order valence-electron chi connectivity index (χ3n) is 2.82. The van der Waals surface area contributed by atoms with Gasteiger partial charge in [0, 0.05) is 18.9 Å². The summed E-state index contributed by atoms with van der Waals surface area (Å²) in [5.74, 6) is 1.50. The average molecular weight is 406 g/mol. The second-order valence-corrected chi connectivity index (χ2v) is 5.57. The number of terminal acetylenes is 1. The van der Waals surface area contributed by atoms with Crippen LogP contribution in [0, 0.1) is 18.2 Å². The normalized spacial score (nSPS) is 11.9. The molecule has 0 bridgehead atoms. The van der Waals surface area contributed by atoms with Gasteiger partial charge in [-0.1, -0.05) is 28.1 Å². The van der Waals surface area contributed by atoms with Crippen LogP contribution >= 0.6 is 31.9 Å². The molecule has 0 amide bonds. The van der Waals surface area contributed by atoms with Crippen LogP contribution in [0.5, 0.6) is 0 Å². The van der Waals surface area contributed by atoms with Crippen LogP contribution in [-0.2, 0) is 9.53 Å². The summed E-state index contributed by atoms with van der Waals surface area (Å²) in [7, 11) is 0. The van der Waals surface area contributed by atoms with E-state index in [-0.39, 0.29) is 11.1 Å². The number of ketones is 1. The van der Waals surface area contributed by atoms with E-state index in [2.05, 4.69) is 37.8 Å². The Hall–Kier alpha value is -0.700. The fourth-order valence-electron chi connectivity index (χ4n) is 1.81. The van der Waals surface area contributed by atoms with Gasteiger partial charge in [0.1, 0.15) is 5.82 Å². The molecule has 1 aromatic carbocycles. The summed E-state index contributed by atoms with van der Waals surface area (Å²) in [6, 6.07) is 4.96. The standard InChI is InChI=1S/C15H15Br2FO2/c1-2-3-8-20-9-7-11(14(19)10-16)12-5-4-6-13(17)15(12)18/h1,4-6,11H,3,7-10H2. The highest BCUT2D eigenvalue weighted by molar-refractivity contribution is 9.10. The van der Waals surface area contributed by atoms with Crippen LogP contribution in [0.25, 0.3) is 0 Å². The number of benzene rings is 1. The lowest BCUT2D eigenvalue weighted by atomic mass is 9.92. The highest BCUT2D eigenvalue weighted by Gasteiger charge is 2.23. The molecule has 1 rings (SSSR count). The van der Waals surface area contributed by atoms with Gasteiger partial charge in [-0.25, -0.2) is 4.39 Å². The Labute approximate surface area is 135 Å². The fraction of sp³-hybridized carbons (Fsp3) is 0.400. The van der Waals surface area contributed by atoms with Crippen molar-refractivity contribution in [3.05, 3.63) is 34.1 Å². The lowest BCUT2D eigenvalue weighted by molar-refractivity contribution is -0.118. The van der Waals surface area contributed by atoms with Crippen LogP contribution in [0.1, 0.15) is 24.3 Å². The van der Waals surface area contributed by atoms with Crippen molar-refractivity contribution >= 4 is 37.6 Å². The first-order chi connectivity index (χ1) is 9.61. The molecule has 0 aromatic heterocycles. The largest absolute Gasteiger partial charge is 0.380 e. The van der Waals surface area contributed by atoms with E-state index in [4.69, 9.17) is 11.2 Å². The van der Waals surface area contributed by atoms with Gasteiger partial charge >= 0.3 is 0 Å². The third kappa shape index (κ3) is 5.01. The Bertz CT molecular complexity index is 497. The zero-order valence-corrected chi connectivity index (χ0v) is 14.0. The zero-order valence-electron chi connectivity index (χ0n) is 10.9. The van der Waals surface area contributed by atoms with Gasteiger partial charge in [-0.2, -0.15) is 0 Å². The molecule has 1 atom stereocenters. The first kappa shape index (κ1) is 17.4. The zero-order chi connectivity index (χ0) is 15.0. The van der Waals surface area contributed by atoms with Crippen molar-refractivity contribution in [3.63, 3.8) is 0 Å². The smallest absolute Gasteiger partial charge is 0.151 e. The van der Waals surface area contributed by atoms with Crippen molar-refractivity contribution < 1.29 is 13.9 Å². The maximum Gasteiger partial charge on any atom is 0.151 e. The molecule has 0 N–H and O–H groups in total. The van der Waals surface area contributed by atoms with Crippen molar-refractivity contribution in [3.8, 4) is 12.3 Å². The Kier molecular flexibility index (Phi) is 8.05. The second-order valence-electron chi connectivity index (χ2n) is 4.15. The summed E-state index contributed by atoms with van der Waals surface area (Å²) in [6.45, 7) is 0.823. The van der Waals surface area contributed by atoms with Crippen molar-refractivity contribution in [1.29, 1.82) is 0 Å². The molecule has 1 unspecified atom stereocenters. The number of carbonyl (C=O) groups is 1. The highest BCUT2D eigenvalue weighted by Crippen LogP contribution is 2.28. The molecular formula is C15H15Br2FO2. The van der Waals surface area contributed by atoms with Gasteiger partial charge in [0.2, 0.25) is 0 Å². The minimum Gasteiger partial charge on any atom is -0.380 e. The molecule has 0 aliphatic carbocycles. The lowest BCUT2D eigenvalue weighted by Crippen LogP contribution is -2.17. The minimum absolute atomic E-state index is 0.0671. The van der Waals surface area contributed by atoms with Crippen molar-refractivity contribution in [2.75, 3.05) is 18.5 Å². The topological polar surface area (TPSA) is 26.3 Å². The maximum atomic E-state index is 14.1. The molecule has 0 heterocycles. The van der Waals surface area contributed by atoms with Crippen LogP contribution in [0.2, 0.25) is 0 Å². The van der Waals surface area contributed by atoms with E-state index >= 15 is 0 Å². The van der Waals surface area contributed by atoms with E-state index in [0.717, 1.165) is 0 Å². The Balaban J connectivity index is 2.77. The monoisotopic (exact) mass is 404 g/mol. The second kappa shape index (κ2) is 9.28. The van der Waals surface area contributed by atoms with E-state index in [1.165, 1.54) is 0 Å². The summed E-state index contributed by atoms with van der Waals surface area (Å²) >= 11 is 6.27. The summed E-state index contributed by atoms with van der Waals surface area (Å²) < 4.78 is 19.8. The van der Waals surface area contributed by atoms with E-state index in [1.807, 2.05) is 0 Å². The molecule has 0 saturated carbocycles. The van der Waals surface area contributed by atoms with Crippen LogP contribution < -0.4 is 0 Å². The number of ether oxygens (including phenoxy) is 1. The van der Waals surface area contributed by atoms with E-state index in [0.29, 0.717) is 36.1 Å². The molecule has 108 valence electrons. The molecular weight excluding hydrogens is 391 g/mol. The van der Waals surface area contributed by atoms with Crippen LogP contribution in [0.3, 0.4) is 0 Å². The maximum absolute atomic E-state index is 14.1. The predicted octanol–water partition coefficient (Wildman–Crippen LogP) is 4.07. The first-order valence-electron chi connectivity index (χ1n) is 6.15. The van der Waals surface area contributed by atoms with Gasteiger partial charge in [0.15, 0.2) is 5.78 Å². The number of hydrogen-bond acceptors (Lipinski definition) is 2. The van der Waals surface area contributed by atoms with Gasteiger partial charge < -0.3 is 4.74 Å². The number of halogens is 3. The molecule has 1 aromatic rings. The van der Waals surface area contributed by atoms with Crippen molar-refractivity contribution in [2.24, 2.45) is 0 Å². The van der Waals surface area contributed by atoms with Gasteiger partial charge in [-0.3, -0.25) is 4.79 Å². The van der Waals surface area contributed by atoms with Crippen molar-refractivity contribution in [1.82, 2.24) is 0 Å². The molecule has 0 spiro atoms. The minimum atomic E-state index is -0.516. The van der Waals surface area contributed by atoms with Crippen LogP contribution in [0.15, 0.2) is 22.7 Å². The average Bonchev–Trinajstić information content (AvgIpc) is 2.46.